The molecule has 1 N–H and O–H groups in total. The molecule has 0 amide bonds. The van der Waals surface area contributed by atoms with E-state index in [1.165, 1.54) is 12.1 Å². The van der Waals surface area contributed by atoms with Crippen LogP contribution in [0.25, 0.3) is 16.9 Å². The number of rotatable bonds is 5. The molecule has 8 heteroatoms. The van der Waals surface area contributed by atoms with Gasteiger partial charge in [0.05, 0.1) is 30.4 Å². The fourth-order valence-electron chi connectivity index (χ4n) is 3.69. The third kappa shape index (κ3) is 3.37. The van der Waals surface area contributed by atoms with Crippen molar-refractivity contribution in [1.82, 2.24) is 9.78 Å². The highest BCUT2D eigenvalue weighted by Gasteiger charge is 2.26. The van der Waals surface area contributed by atoms with E-state index >= 15 is 0 Å². The molecule has 150 valence electrons. The first kappa shape index (κ1) is 18.8. The second-order valence-corrected chi connectivity index (χ2v) is 6.78. The zero-order chi connectivity index (χ0) is 20.4. The van der Waals surface area contributed by atoms with Gasteiger partial charge >= 0.3 is 0 Å². The largest absolute Gasteiger partial charge is 0.496 e. The first-order valence-electron chi connectivity index (χ1n) is 9.46. The summed E-state index contributed by atoms with van der Waals surface area (Å²) in [6.45, 7) is 0.841. The molecule has 1 aliphatic rings. The van der Waals surface area contributed by atoms with E-state index in [-0.39, 0.29) is 5.69 Å². The van der Waals surface area contributed by atoms with Gasteiger partial charge < -0.3 is 14.8 Å². The summed E-state index contributed by atoms with van der Waals surface area (Å²) >= 11 is 0. The molecular formula is C21H22N4O4. The normalized spacial score (nSPS) is 13.2. The Labute approximate surface area is 168 Å². The Morgan fingerprint density at radius 1 is 1.07 bits per heavy atom. The van der Waals surface area contributed by atoms with E-state index in [1.54, 1.807) is 26.4 Å². The van der Waals surface area contributed by atoms with Gasteiger partial charge in [-0.15, -0.1) is 0 Å². The third-order valence-electron chi connectivity index (χ3n) is 5.10. The smallest absolute Gasteiger partial charge is 0.269 e. The molecule has 2 heterocycles. The van der Waals surface area contributed by atoms with Gasteiger partial charge in [-0.05, 0) is 43.5 Å². The Kier molecular flexibility index (Phi) is 5.07. The molecule has 1 aromatic heterocycles. The number of benzene rings is 2. The number of aromatic nitrogens is 2. The highest BCUT2D eigenvalue weighted by atomic mass is 16.6. The van der Waals surface area contributed by atoms with E-state index in [2.05, 4.69) is 5.32 Å². The highest BCUT2D eigenvalue weighted by molar-refractivity contribution is 5.80. The van der Waals surface area contributed by atoms with Gasteiger partial charge in [-0.25, -0.2) is 4.68 Å². The summed E-state index contributed by atoms with van der Waals surface area (Å²) in [5.74, 6) is 2.27. The molecule has 3 aromatic rings. The van der Waals surface area contributed by atoms with Gasteiger partial charge in [-0.1, -0.05) is 6.07 Å². The Hall–Kier alpha value is -3.55. The quantitative estimate of drug-likeness (QED) is 0.515. The highest BCUT2D eigenvalue weighted by Crippen LogP contribution is 2.43. The van der Waals surface area contributed by atoms with E-state index in [9.17, 15) is 10.1 Å². The summed E-state index contributed by atoms with van der Waals surface area (Å²) in [6.07, 6.45) is 2.96. The lowest BCUT2D eigenvalue weighted by atomic mass is 10.0. The fraction of sp³-hybridized carbons (Fsp3) is 0.286. The lowest BCUT2D eigenvalue weighted by Crippen LogP contribution is -2.07. The molecule has 1 aliphatic heterocycles. The summed E-state index contributed by atoms with van der Waals surface area (Å²) in [4.78, 5) is 10.6. The van der Waals surface area contributed by atoms with Gasteiger partial charge in [-0.3, -0.25) is 10.1 Å². The van der Waals surface area contributed by atoms with Crippen molar-refractivity contribution in [3.63, 3.8) is 0 Å². The predicted octanol–water partition coefficient (Wildman–Crippen LogP) is 4.21. The van der Waals surface area contributed by atoms with Gasteiger partial charge in [-0.2, -0.15) is 5.10 Å². The zero-order valence-corrected chi connectivity index (χ0v) is 16.3. The number of nitrogens with zero attached hydrogens (tertiary/aromatic N) is 3. The van der Waals surface area contributed by atoms with Crippen LogP contribution in [0, 0.1) is 10.1 Å². The molecule has 8 nitrogen and oxygen atoms in total. The zero-order valence-electron chi connectivity index (χ0n) is 16.3. The van der Waals surface area contributed by atoms with Crippen molar-refractivity contribution in [2.24, 2.45) is 0 Å². The van der Waals surface area contributed by atoms with Crippen LogP contribution in [0.15, 0.2) is 42.5 Å². The van der Waals surface area contributed by atoms with Gasteiger partial charge in [0.15, 0.2) is 0 Å². The monoisotopic (exact) mass is 394 g/mol. The number of non-ortho nitro benzene ring substituents is 1. The molecule has 2 aromatic carbocycles. The SMILES string of the molecule is COc1cccc(OC)c1-c1nn(-c2ccc([N+](=O)[O-])cc2)c2c1CCCCN2. The number of hydrogen-bond donors (Lipinski definition) is 1. The Morgan fingerprint density at radius 2 is 1.76 bits per heavy atom. The van der Waals surface area contributed by atoms with E-state index in [0.29, 0.717) is 11.5 Å². The minimum absolute atomic E-state index is 0.0478. The van der Waals surface area contributed by atoms with Crippen LogP contribution in [-0.4, -0.2) is 35.5 Å². The van der Waals surface area contributed by atoms with E-state index in [0.717, 1.165) is 54.1 Å². The maximum absolute atomic E-state index is 11.0. The lowest BCUT2D eigenvalue weighted by molar-refractivity contribution is -0.384. The van der Waals surface area contributed by atoms with Gasteiger partial charge in [0, 0.05) is 24.2 Å². The second kappa shape index (κ2) is 7.83. The average Bonchev–Trinajstić information content (AvgIpc) is 2.93. The Bertz CT molecular complexity index is 1020. The van der Waals surface area contributed by atoms with Gasteiger partial charge in [0.1, 0.15) is 23.0 Å². The first-order chi connectivity index (χ1) is 14.1. The fourth-order valence-corrected chi connectivity index (χ4v) is 3.69. The number of nitro benzene ring substituents is 1. The van der Waals surface area contributed by atoms with Gasteiger partial charge in [0.25, 0.3) is 5.69 Å². The molecule has 29 heavy (non-hydrogen) atoms. The van der Waals surface area contributed by atoms with E-state index in [4.69, 9.17) is 14.6 Å². The summed E-state index contributed by atoms with van der Waals surface area (Å²) in [6, 6.07) is 12.1. The number of methoxy groups -OCH3 is 2. The van der Waals surface area contributed by atoms with Crippen LogP contribution in [0.1, 0.15) is 18.4 Å². The average molecular weight is 394 g/mol. The van der Waals surface area contributed by atoms with Crippen LogP contribution in [0.2, 0.25) is 0 Å². The Morgan fingerprint density at radius 3 is 2.38 bits per heavy atom. The maximum Gasteiger partial charge on any atom is 0.269 e. The summed E-state index contributed by atoms with van der Waals surface area (Å²) in [5.41, 5.74) is 3.48. The molecule has 0 saturated heterocycles. The van der Waals surface area contributed by atoms with Crippen molar-refractivity contribution in [2.75, 3.05) is 26.1 Å². The molecular weight excluding hydrogens is 372 g/mol. The molecule has 0 bridgehead atoms. The van der Waals surface area contributed by atoms with E-state index < -0.39 is 4.92 Å². The number of anilines is 1. The summed E-state index contributed by atoms with van der Waals surface area (Å²) < 4.78 is 13.0. The van der Waals surface area contributed by atoms with Gasteiger partial charge in [0.2, 0.25) is 0 Å². The van der Waals surface area contributed by atoms with Crippen LogP contribution >= 0.6 is 0 Å². The van der Waals surface area contributed by atoms with Crippen molar-refractivity contribution >= 4 is 11.5 Å². The number of fused-ring (bicyclic) bond motifs is 1. The second-order valence-electron chi connectivity index (χ2n) is 6.78. The lowest BCUT2D eigenvalue weighted by Gasteiger charge is -2.12. The molecule has 0 fully saturated rings. The van der Waals surface area contributed by atoms with E-state index in [1.807, 2.05) is 22.9 Å². The van der Waals surface area contributed by atoms with Crippen LogP contribution in [0.4, 0.5) is 11.5 Å². The van der Waals surface area contributed by atoms with Crippen molar-refractivity contribution in [3.05, 3.63) is 58.1 Å². The topological polar surface area (TPSA) is 91.5 Å². The minimum atomic E-state index is -0.406. The summed E-state index contributed by atoms with van der Waals surface area (Å²) in [5, 5.41) is 19.4. The molecule has 0 spiro atoms. The number of nitro groups is 1. The van der Waals surface area contributed by atoms with Crippen LogP contribution in [0.3, 0.4) is 0 Å². The third-order valence-corrected chi connectivity index (χ3v) is 5.10. The minimum Gasteiger partial charge on any atom is -0.496 e. The number of hydrogen-bond acceptors (Lipinski definition) is 6. The van der Waals surface area contributed by atoms with Crippen LogP contribution < -0.4 is 14.8 Å². The van der Waals surface area contributed by atoms with Crippen molar-refractivity contribution < 1.29 is 14.4 Å². The molecule has 0 unspecified atom stereocenters. The van der Waals surface area contributed by atoms with Crippen LogP contribution in [-0.2, 0) is 6.42 Å². The maximum atomic E-state index is 11.0. The first-order valence-corrected chi connectivity index (χ1v) is 9.46. The molecule has 0 atom stereocenters. The van der Waals surface area contributed by atoms with Crippen molar-refractivity contribution in [2.45, 2.75) is 19.3 Å². The number of nitrogens with one attached hydrogen (secondary N) is 1. The van der Waals surface area contributed by atoms with Crippen molar-refractivity contribution in [1.29, 1.82) is 0 Å². The molecule has 0 saturated carbocycles. The van der Waals surface area contributed by atoms with Crippen LogP contribution in [0.5, 0.6) is 11.5 Å². The summed E-state index contributed by atoms with van der Waals surface area (Å²) in [7, 11) is 3.25. The molecule has 0 radical (unpaired) electrons. The molecule has 4 rings (SSSR count). The number of ether oxygens (including phenoxy) is 2. The van der Waals surface area contributed by atoms with Crippen molar-refractivity contribution in [3.8, 4) is 28.4 Å². The molecule has 0 aliphatic carbocycles. The predicted molar refractivity (Wildman–Crippen MR) is 110 cm³/mol. The standard InChI is InChI=1S/C21H22N4O4/c1-28-17-7-5-8-18(29-2)19(17)20-16-6-3-4-13-22-21(16)24(23-20)14-9-11-15(12-10-14)25(26)27/h5,7-12,22H,3-4,6,13H2,1-2H3. The Balaban J connectivity index is 1.92.